The fraction of sp³-hybridized carbons (Fsp3) is 0.158. The van der Waals surface area contributed by atoms with Gasteiger partial charge in [-0.2, -0.15) is 10.5 Å². The number of pyridine rings is 1. The van der Waals surface area contributed by atoms with Crippen molar-refractivity contribution in [1.29, 1.82) is 10.5 Å². The van der Waals surface area contributed by atoms with E-state index in [2.05, 4.69) is 15.6 Å². The van der Waals surface area contributed by atoms with E-state index in [0.29, 0.717) is 16.5 Å². The van der Waals surface area contributed by atoms with Gasteiger partial charge in [0.15, 0.2) is 7.05 Å². The molecule has 1 amide bonds. The predicted octanol–water partition coefficient (Wildman–Crippen LogP) is 1.57. The van der Waals surface area contributed by atoms with Crippen LogP contribution in [0.2, 0.25) is 5.02 Å². The van der Waals surface area contributed by atoms with Crippen LogP contribution >= 0.6 is 23.4 Å². The molecule has 13 heteroatoms. The molecule has 0 radical (unpaired) electrons. The maximum absolute atomic E-state index is 12.5. The summed E-state index contributed by atoms with van der Waals surface area (Å²) in [5, 5.41) is 24.8. The number of methoxy groups -OCH3 is 1. The van der Waals surface area contributed by atoms with Gasteiger partial charge in [-0.25, -0.2) is 9.78 Å². The van der Waals surface area contributed by atoms with Gasteiger partial charge in [-0.1, -0.05) is 28.0 Å². The summed E-state index contributed by atoms with van der Waals surface area (Å²) in [5.41, 5.74) is 5.13. The van der Waals surface area contributed by atoms with Crippen LogP contribution < -0.4 is 26.1 Å². The quantitative estimate of drug-likeness (QED) is 0.355. The maximum atomic E-state index is 12.5. The Balaban J connectivity index is 1.96. The molecular weight excluding hydrogens is 458 g/mol. The number of aromatic amines is 1. The number of aryl methyl sites for hydroxylation is 1. The standard InChI is InChI=1S/C19H14ClN7O4S/c1-27-16(19(29)31-26-27)15-10(6-21)17(23)25-18(11(15)7-22)32-8-14(28)24-12-5-9(20)3-4-13(12)30-2/h3-5H,8H2,1-2H3,(H3-,23,24,25,26,28,29)/p+1. The first kappa shape index (κ1) is 22.7. The summed E-state index contributed by atoms with van der Waals surface area (Å²) in [6, 6.07) is 8.56. The molecule has 0 aliphatic carbocycles. The monoisotopic (exact) mass is 472 g/mol. The van der Waals surface area contributed by atoms with Crippen molar-refractivity contribution in [2.45, 2.75) is 5.03 Å². The van der Waals surface area contributed by atoms with Gasteiger partial charge < -0.3 is 15.8 Å². The molecular formula is C19H15ClN7O4S+. The first-order valence-electron chi connectivity index (χ1n) is 8.78. The fourth-order valence-corrected chi connectivity index (χ4v) is 3.82. The highest BCUT2D eigenvalue weighted by atomic mass is 35.5. The van der Waals surface area contributed by atoms with Crippen LogP contribution in [-0.2, 0) is 11.8 Å². The minimum atomic E-state index is -0.798. The Morgan fingerprint density at radius 2 is 2.12 bits per heavy atom. The number of carbonyl (C=O) groups excluding carboxylic acids is 1. The van der Waals surface area contributed by atoms with Gasteiger partial charge in [-0.3, -0.25) is 9.32 Å². The Hall–Kier alpha value is -4.00. The summed E-state index contributed by atoms with van der Waals surface area (Å²) < 4.78 is 11.1. The fourth-order valence-electron chi connectivity index (χ4n) is 2.85. The SMILES string of the molecule is COc1ccc(Cl)cc1NC(=O)CSc1nc(N)c(C#N)c(-c2c(=O)o[nH][n+]2C)c1C#N. The number of benzene rings is 1. The molecule has 0 atom stereocenters. The van der Waals surface area contributed by atoms with Crippen molar-refractivity contribution in [3.8, 4) is 29.1 Å². The highest BCUT2D eigenvalue weighted by Gasteiger charge is 2.31. The number of nitrogens with two attached hydrogens (primary N) is 1. The molecule has 0 saturated heterocycles. The molecule has 3 aromatic rings. The third-order valence-corrected chi connectivity index (χ3v) is 5.44. The summed E-state index contributed by atoms with van der Waals surface area (Å²) >= 11 is 6.88. The number of nitrogen functional groups attached to an aromatic ring is 1. The second-order valence-electron chi connectivity index (χ2n) is 6.22. The number of nitrogens with one attached hydrogen (secondary N) is 2. The Bertz CT molecular complexity index is 1350. The lowest BCUT2D eigenvalue weighted by Gasteiger charge is -2.11. The van der Waals surface area contributed by atoms with E-state index < -0.39 is 11.5 Å². The number of H-pyrrole nitrogens is 1. The van der Waals surface area contributed by atoms with Crippen LogP contribution in [0.1, 0.15) is 11.1 Å². The minimum Gasteiger partial charge on any atom is -0.495 e. The Labute approximate surface area is 190 Å². The molecule has 162 valence electrons. The van der Waals surface area contributed by atoms with E-state index in [4.69, 9.17) is 26.6 Å². The number of halogens is 1. The van der Waals surface area contributed by atoms with E-state index in [9.17, 15) is 20.1 Å². The number of nitriles is 2. The van der Waals surface area contributed by atoms with Gasteiger partial charge in [0.1, 0.15) is 39.9 Å². The van der Waals surface area contributed by atoms with Gasteiger partial charge in [0, 0.05) is 5.02 Å². The summed E-state index contributed by atoms with van der Waals surface area (Å²) in [4.78, 5) is 28.7. The summed E-state index contributed by atoms with van der Waals surface area (Å²) in [5.74, 6) is -0.366. The Morgan fingerprint density at radius 1 is 1.41 bits per heavy atom. The van der Waals surface area contributed by atoms with Crippen molar-refractivity contribution in [3.05, 3.63) is 44.8 Å². The molecule has 11 nitrogen and oxygen atoms in total. The molecule has 0 bridgehead atoms. The van der Waals surface area contributed by atoms with Gasteiger partial charge in [-0.15, -0.1) is 0 Å². The number of hydrogen-bond donors (Lipinski definition) is 3. The molecule has 4 N–H and O–H groups in total. The van der Waals surface area contributed by atoms with Crippen molar-refractivity contribution in [2.75, 3.05) is 23.9 Å². The Kier molecular flexibility index (Phi) is 6.68. The molecule has 0 aliphatic heterocycles. The number of thioether (sulfide) groups is 1. The zero-order chi connectivity index (χ0) is 23.4. The molecule has 0 saturated carbocycles. The molecule has 1 aromatic carbocycles. The molecule has 3 rings (SSSR count). The van der Waals surface area contributed by atoms with E-state index in [-0.39, 0.29) is 39.0 Å². The van der Waals surface area contributed by atoms with Crippen LogP contribution in [-0.4, -0.2) is 29.0 Å². The van der Waals surface area contributed by atoms with Gasteiger partial charge >= 0.3 is 11.3 Å². The number of ether oxygens (including phenoxy) is 1. The number of aromatic nitrogens is 3. The van der Waals surface area contributed by atoms with Crippen LogP contribution in [0.25, 0.3) is 11.3 Å². The van der Waals surface area contributed by atoms with E-state index in [0.717, 1.165) is 11.8 Å². The lowest BCUT2D eigenvalue weighted by Crippen LogP contribution is -2.34. The normalized spacial score (nSPS) is 10.3. The predicted molar refractivity (Wildman–Crippen MR) is 115 cm³/mol. The van der Waals surface area contributed by atoms with Crippen molar-refractivity contribution < 1.29 is 18.7 Å². The highest BCUT2D eigenvalue weighted by molar-refractivity contribution is 8.00. The zero-order valence-corrected chi connectivity index (χ0v) is 18.3. The smallest absolute Gasteiger partial charge is 0.435 e. The van der Waals surface area contributed by atoms with Gasteiger partial charge in [0.05, 0.1) is 24.1 Å². The molecule has 0 unspecified atom stereocenters. The highest BCUT2D eigenvalue weighted by Crippen LogP contribution is 2.33. The number of nitrogens with zero attached hydrogens (tertiary/aromatic N) is 4. The van der Waals surface area contributed by atoms with E-state index in [1.165, 1.54) is 24.9 Å². The molecule has 0 fully saturated rings. The summed E-state index contributed by atoms with van der Waals surface area (Å²) in [6.45, 7) is 0. The van der Waals surface area contributed by atoms with Gasteiger partial charge in [0.2, 0.25) is 5.91 Å². The largest absolute Gasteiger partial charge is 0.495 e. The number of anilines is 2. The number of hydrogen-bond acceptors (Lipinski definition) is 9. The van der Waals surface area contributed by atoms with Crippen LogP contribution in [0, 0.1) is 22.7 Å². The summed E-state index contributed by atoms with van der Waals surface area (Å²) in [6.07, 6.45) is 0. The molecule has 32 heavy (non-hydrogen) atoms. The minimum absolute atomic E-state index is 0.0283. The molecule has 0 spiro atoms. The van der Waals surface area contributed by atoms with Crippen LogP contribution in [0.3, 0.4) is 0 Å². The lowest BCUT2D eigenvalue weighted by molar-refractivity contribution is -0.730. The first-order valence-corrected chi connectivity index (χ1v) is 10.1. The number of carbonyl (C=O) groups is 1. The molecule has 0 aliphatic rings. The number of rotatable bonds is 6. The first-order chi connectivity index (χ1) is 15.3. The maximum Gasteiger partial charge on any atom is 0.435 e. The van der Waals surface area contributed by atoms with Crippen LogP contribution in [0.4, 0.5) is 11.5 Å². The van der Waals surface area contributed by atoms with Crippen molar-refractivity contribution >= 4 is 40.8 Å². The van der Waals surface area contributed by atoms with Crippen molar-refractivity contribution in [1.82, 2.24) is 10.3 Å². The topological polar surface area (TPSA) is 175 Å². The Morgan fingerprint density at radius 3 is 2.72 bits per heavy atom. The summed E-state index contributed by atoms with van der Waals surface area (Å²) in [7, 11) is 2.92. The van der Waals surface area contributed by atoms with Gasteiger partial charge in [-0.05, 0) is 23.5 Å². The van der Waals surface area contributed by atoms with Crippen LogP contribution in [0.5, 0.6) is 5.75 Å². The second kappa shape index (κ2) is 9.43. The second-order valence-corrected chi connectivity index (χ2v) is 7.62. The third kappa shape index (κ3) is 4.37. The van der Waals surface area contributed by atoms with Crippen LogP contribution in [0.15, 0.2) is 32.5 Å². The van der Waals surface area contributed by atoms with Crippen molar-refractivity contribution in [2.24, 2.45) is 7.05 Å². The average Bonchev–Trinajstić information content (AvgIpc) is 3.09. The zero-order valence-electron chi connectivity index (χ0n) is 16.7. The number of amides is 1. The third-order valence-electron chi connectivity index (χ3n) is 4.23. The average molecular weight is 473 g/mol. The van der Waals surface area contributed by atoms with E-state index in [1.807, 2.05) is 12.1 Å². The van der Waals surface area contributed by atoms with Gasteiger partial charge in [0.25, 0.3) is 0 Å². The lowest BCUT2D eigenvalue weighted by atomic mass is 10.0. The van der Waals surface area contributed by atoms with E-state index >= 15 is 0 Å². The molecule has 2 aromatic heterocycles. The van der Waals surface area contributed by atoms with Crippen molar-refractivity contribution in [3.63, 3.8) is 0 Å². The molecule has 2 heterocycles. The van der Waals surface area contributed by atoms with E-state index in [1.54, 1.807) is 12.1 Å².